The first kappa shape index (κ1) is 14.9. The number of nitrogens with zero attached hydrogens (tertiary/aromatic N) is 6. The molecule has 0 saturated heterocycles. The van der Waals surface area contributed by atoms with Crippen molar-refractivity contribution in [2.75, 3.05) is 0 Å². The van der Waals surface area contributed by atoms with Crippen LogP contribution in [-0.2, 0) is 7.05 Å². The molecule has 24 heavy (non-hydrogen) atoms. The molecule has 122 valence electrons. The Morgan fingerprint density at radius 1 is 1.33 bits per heavy atom. The molecule has 0 aromatic carbocycles. The predicted octanol–water partition coefficient (Wildman–Crippen LogP) is 3.48. The Morgan fingerprint density at radius 3 is 2.96 bits per heavy atom. The second-order valence-corrected chi connectivity index (χ2v) is 6.57. The third kappa shape index (κ3) is 2.46. The minimum Gasteiger partial charge on any atom is -0.335 e. The minimum atomic E-state index is 0.166. The van der Waals surface area contributed by atoms with Crippen molar-refractivity contribution in [3.63, 3.8) is 0 Å². The van der Waals surface area contributed by atoms with E-state index in [1.54, 1.807) is 6.33 Å². The van der Waals surface area contributed by atoms with E-state index in [2.05, 4.69) is 21.1 Å². The molecule has 4 rings (SSSR count). The van der Waals surface area contributed by atoms with Gasteiger partial charge in [0.15, 0.2) is 0 Å². The van der Waals surface area contributed by atoms with Crippen LogP contribution in [0.4, 0.5) is 0 Å². The Labute approximate surface area is 140 Å². The van der Waals surface area contributed by atoms with Crippen molar-refractivity contribution in [3.05, 3.63) is 31.0 Å². The lowest BCUT2D eigenvalue weighted by atomic mass is 9.96. The third-order valence-electron chi connectivity index (χ3n) is 5.12. The fourth-order valence-corrected chi connectivity index (χ4v) is 3.86. The first-order valence-corrected chi connectivity index (χ1v) is 8.45. The summed E-state index contributed by atoms with van der Waals surface area (Å²) >= 11 is 0. The molecule has 0 amide bonds. The topological polar surface area (TPSA) is 72.3 Å². The number of fused-ring (bicyclic) bond motifs is 1. The molecule has 6 heteroatoms. The maximum Gasteiger partial charge on any atom is 0.143 e. The molecular weight excluding hydrogens is 300 g/mol. The molecule has 0 N–H and O–H groups in total. The van der Waals surface area contributed by atoms with Crippen LogP contribution in [0.3, 0.4) is 0 Å². The molecule has 0 aliphatic heterocycles. The van der Waals surface area contributed by atoms with E-state index in [4.69, 9.17) is 0 Å². The Balaban J connectivity index is 1.72. The lowest BCUT2D eigenvalue weighted by Gasteiger charge is -2.21. The average molecular weight is 320 g/mol. The Morgan fingerprint density at radius 2 is 2.17 bits per heavy atom. The molecule has 0 unspecified atom stereocenters. The summed E-state index contributed by atoms with van der Waals surface area (Å²) in [7, 11) is 1.98. The summed E-state index contributed by atoms with van der Waals surface area (Å²) in [6.45, 7) is 0. The molecular formula is C18H20N6. The maximum atomic E-state index is 9.21. The second kappa shape index (κ2) is 6.08. The Hall–Kier alpha value is -2.68. The summed E-state index contributed by atoms with van der Waals surface area (Å²) in [6.07, 6.45) is 12.9. The van der Waals surface area contributed by atoms with Crippen molar-refractivity contribution in [3.8, 4) is 17.3 Å². The van der Waals surface area contributed by atoms with Gasteiger partial charge in [0.1, 0.15) is 12.0 Å². The van der Waals surface area contributed by atoms with Crippen LogP contribution in [0.15, 0.2) is 31.0 Å². The van der Waals surface area contributed by atoms with Gasteiger partial charge in [-0.05, 0) is 24.8 Å². The van der Waals surface area contributed by atoms with Gasteiger partial charge in [0.2, 0.25) is 0 Å². The van der Waals surface area contributed by atoms with Gasteiger partial charge in [0.25, 0.3) is 0 Å². The van der Waals surface area contributed by atoms with E-state index in [-0.39, 0.29) is 6.04 Å². The van der Waals surface area contributed by atoms with Crippen molar-refractivity contribution in [1.29, 1.82) is 5.26 Å². The lowest BCUT2D eigenvalue weighted by molar-refractivity contribution is 0.315. The highest BCUT2D eigenvalue weighted by Gasteiger charge is 2.27. The van der Waals surface area contributed by atoms with Gasteiger partial charge in [0.05, 0.1) is 30.4 Å². The van der Waals surface area contributed by atoms with Crippen LogP contribution in [0.2, 0.25) is 0 Å². The lowest BCUT2D eigenvalue weighted by Crippen LogP contribution is -2.17. The molecule has 0 radical (unpaired) electrons. The summed E-state index contributed by atoms with van der Waals surface area (Å²) in [5.41, 5.74) is 2.79. The second-order valence-electron chi connectivity index (χ2n) is 6.57. The molecule has 1 saturated carbocycles. The zero-order chi connectivity index (χ0) is 16.5. The smallest absolute Gasteiger partial charge is 0.143 e. The van der Waals surface area contributed by atoms with Crippen LogP contribution in [0, 0.1) is 17.2 Å². The summed E-state index contributed by atoms with van der Waals surface area (Å²) < 4.78 is 3.97. The minimum absolute atomic E-state index is 0.166. The summed E-state index contributed by atoms with van der Waals surface area (Å²) in [5.74, 6) is 0.555. The quantitative estimate of drug-likeness (QED) is 0.738. The SMILES string of the molecule is Cn1ccc2c(-c3cnn([C@H](CC#N)C4CCCC4)c3)ncnc21. The molecule has 3 aromatic heterocycles. The van der Waals surface area contributed by atoms with E-state index in [0.29, 0.717) is 12.3 Å². The van der Waals surface area contributed by atoms with Gasteiger partial charge in [0, 0.05) is 30.4 Å². The summed E-state index contributed by atoms with van der Waals surface area (Å²) in [4.78, 5) is 8.81. The summed E-state index contributed by atoms with van der Waals surface area (Å²) in [6, 6.07) is 4.53. The molecule has 1 atom stereocenters. The van der Waals surface area contributed by atoms with Crippen LogP contribution in [0.25, 0.3) is 22.3 Å². The number of nitriles is 1. The molecule has 0 spiro atoms. The molecule has 1 aliphatic rings. The number of rotatable bonds is 4. The first-order valence-electron chi connectivity index (χ1n) is 8.45. The van der Waals surface area contributed by atoms with Crippen molar-refractivity contribution < 1.29 is 0 Å². The number of aryl methyl sites for hydroxylation is 1. The normalized spacial score (nSPS) is 16.5. The molecule has 1 aliphatic carbocycles. The van der Waals surface area contributed by atoms with E-state index in [0.717, 1.165) is 22.3 Å². The van der Waals surface area contributed by atoms with Crippen LogP contribution < -0.4 is 0 Å². The monoisotopic (exact) mass is 320 g/mol. The van der Waals surface area contributed by atoms with E-state index < -0.39 is 0 Å². The average Bonchev–Trinajstić information content (AvgIpc) is 3.34. The Kier molecular flexibility index (Phi) is 3.77. The highest BCUT2D eigenvalue weighted by Crippen LogP contribution is 2.36. The van der Waals surface area contributed by atoms with E-state index >= 15 is 0 Å². The zero-order valence-corrected chi connectivity index (χ0v) is 13.8. The van der Waals surface area contributed by atoms with Crippen molar-refractivity contribution in [2.45, 2.75) is 38.1 Å². The highest BCUT2D eigenvalue weighted by atomic mass is 15.3. The molecule has 0 bridgehead atoms. The molecule has 1 fully saturated rings. The van der Waals surface area contributed by atoms with Gasteiger partial charge >= 0.3 is 0 Å². The highest BCUT2D eigenvalue weighted by molar-refractivity contribution is 5.90. The van der Waals surface area contributed by atoms with Gasteiger partial charge in [-0.3, -0.25) is 4.68 Å². The number of hydrogen-bond acceptors (Lipinski definition) is 4. The maximum absolute atomic E-state index is 9.21. The zero-order valence-electron chi connectivity index (χ0n) is 13.8. The fourth-order valence-electron chi connectivity index (χ4n) is 3.86. The Bertz CT molecular complexity index is 894. The predicted molar refractivity (Wildman–Crippen MR) is 91.0 cm³/mol. The van der Waals surface area contributed by atoms with Gasteiger partial charge in [-0.15, -0.1) is 0 Å². The number of aromatic nitrogens is 5. The summed E-state index contributed by atoms with van der Waals surface area (Å²) in [5, 5.41) is 14.8. The van der Waals surface area contributed by atoms with E-state index in [9.17, 15) is 5.26 Å². The standard InChI is InChI=1S/C18H20N6/c1-23-9-7-15-17(20-12-21-18(15)23)14-10-22-24(11-14)16(6-8-19)13-4-2-3-5-13/h7,9-13,16H,2-6H2,1H3/t16-/m1/s1. The van der Waals surface area contributed by atoms with E-state index in [1.165, 1.54) is 25.7 Å². The van der Waals surface area contributed by atoms with Gasteiger partial charge in [-0.25, -0.2) is 9.97 Å². The first-order chi connectivity index (χ1) is 11.8. The van der Waals surface area contributed by atoms with Crippen LogP contribution in [0.1, 0.15) is 38.1 Å². The van der Waals surface area contributed by atoms with Gasteiger partial charge in [-0.1, -0.05) is 12.8 Å². The molecule has 3 heterocycles. The van der Waals surface area contributed by atoms with Crippen molar-refractivity contribution >= 4 is 11.0 Å². The van der Waals surface area contributed by atoms with Crippen LogP contribution in [0.5, 0.6) is 0 Å². The van der Waals surface area contributed by atoms with Gasteiger partial charge in [-0.2, -0.15) is 10.4 Å². The molecule has 3 aromatic rings. The number of hydrogen-bond donors (Lipinski definition) is 0. The van der Waals surface area contributed by atoms with Crippen LogP contribution in [-0.4, -0.2) is 24.3 Å². The van der Waals surface area contributed by atoms with Crippen molar-refractivity contribution in [1.82, 2.24) is 24.3 Å². The fraction of sp³-hybridized carbons (Fsp3) is 0.444. The van der Waals surface area contributed by atoms with Crippen molar-refractivity contribution in [2.24, 2.45) is 13.0 Å². The van der Waals surface area contributed by atoms with Crippen LogP contribution >= 0.6 is 0 Å². The van der Waals surface area contributed by atoms with Gasteiger partial charge < -0.3 is 4.57 Å². The molecule has 6 nitrogen and oxygen atoms in total. The third-order valence-corrected chi connectivity index (χ3v) is 5.12. The largest absolute Gasteiger partial charge is 0.335 e. The van der Waals surface area contributed by atoms with E-state index in [1.807, 2.05) is 41.0 Å².